The normalized spacial score (nSPS) is 11.7. The van der Waals surface area contributed by atoms with Crippen molar-refractivity contribution in [3.05, 3.63) is 65.5 Å². The zero-order chi connectivity index (χ0) is 15.2. The zero-order valence-corrected chi connectivity index (χ0v) is 12.2. The topological polar surface area (TPSA) is 55.4 Å². The third kappa shape index (κ3) is 4.13. The molecule has 0 saturated carbocycles. The summed E-state index contributed by atoms with van der Waals surface area (Å²) in [5, 5.41) is 0. The van der Waals surface area contributed by atoms with Gasteiger partial charge in [-0.1, -0.05) is 36.4 Å². The summed E-state index contributed by atoms with van der Waals surface area (Å²) in [5.41, 5.74) is 0.626. The van der Waals surface area contributed by atoms with Crippen LogP contribution in [0, 0.1) is 5.82 Å². The van der Waals surface area contributed by atoms with E-state index in [0.29, 0.717) is 0 Å². The van der Waals surface area contributed by atoms with E-state index in [-0.39, 0.29) is 17.9 Å². The number of hydrogen-bond acceptors (Lipinski definition) is 3. The maximum atomic E-state index is 14.1. The second kappa shape index (κ2) is 6.99. The molecule has 0 saturated heterocycles. The van der Waals surface area contributed by atoms with Gasteiger partial charge in [0.05, 0.1) is 11.3 Å². The maximum Gasteiger partial charge on any atom is 0.341 e. The molecule has 21 heavy (non-hydrogen) atoms. The third-order valence-corrected chi connectivity index (χ3v) is 3.19. The first-order valence-corrected chi connectivity index (χ1v) is 7.73. The van der Waals surface area contributed by atoms with Gasteiger partial charge in [0.15, 0.2) is 5.82 Å². The van der Waals surface area contributed by atoms with Crippen LogP contribution in [0.2, 0.25) is 0 Å². The van der Waals surface area contributed by atoms with Gasteiger partial charge in [-0.2, -0.15) is 0 Å². The van der Waals surface area contributed by atoms with Crippen molar-refractivity contribution >= 4 is 22.6 Å². The van der Waals surface area contributed by atoms with Gasteiger partial charge < -0.3 is 9.46 Å². The molecule has 0 aliphatic carbocycles. The quantitative estimate of drug-likeness (QED) is 0.864. The maximum absolute atomic E-state index is 14.1. The molecule has 2 rings (SSSR count). The SMILES string of the molecule is CS(=O)Nc1cccc(C(=O)OCc2ccccc2)c1F. The number of carbonyl (C=O) groups excluding carboxylic acids is 1. The van der Waals surface area contributed by atoms with Crippen molar-refractivity contribution in [1.82, 2.24) is 0 Å². The lowest BCUT2D eigenvalue weighted by Gasteiger charge is -2.09. The summed E-state index contributed by atoms with van der Waals surface area (Å²) in [4.78, 5) is 11.9. The van der Waals surface area contributed by atoms with Gasteiger partial charge in [0, 0.05) is 6.26 Å². The van der Waals surface area contributed by atoms with Crippen LogP contribution in [0.3, 0.4) is 0 Å². The molecule has 0 amide bonds. The number of ether oxygens (including phenoxy) is 1. The highest BCUT2D eigenvalue weighted by molar-refractivity contribution is 7.85. The molecule has 2 aromatic carbocycles. The van der Waals surface area contributed by atoms with Crippen LogP contribution in [0.25, 0.3) is 0 Å². The van der Waals surface area contributed by atoms with E-state index in [9.17, 15) is 13.4 Å². The minimum absolute atomic E-state index is 0.00462. The van der Waals surface area contributed by atoms with Crippen LogP contribution < -0.4 is 4.72 Å². The minimum Gasteiger partial charge on any atom is -0.457 e. The van der Waals surface area contributed by atoms with E-state index in [0.717, 1.165) is 5.56 Å². The van der Waals surface area contributed by atoms with Crippen LogP contribution in [-0.4, -0.2) is 16.4 Å². The second-order valence-corrected chi connectivity index (χ2v) is 5.40. The lowest BCUT2D eigenvalue weighted by Crippen LogP contribution is -2.10. The Kier molecular flexibility index (Phi) is 5.05. The fourth-order valence-corrected chi connectivity index (χ4v) is 2.19. The summed E-state index contributed by atoms with van der Waals surface area (Å²) < 4.78 is 32.7. The first-order valence-electron chi connectivity index (χ1n) is 6.17. The van der Waals surface area contributed by atoms with Crippen molar-refractivity contribution in [2.75, 3.05) is 11.0 Å². The molecule has 2 aromatic rings. The predicted octanol–water partition coefficient (Wildman–Crippen LogP) is 2.89. The lowest BCUT2D eigenvalue weighted by molar-refractivity contribution is 0.0467. The van der Waals surface area contributed by atoms with E-state index in [2.05, 4.69) is 4.72 Å². The predicted molar refractivity (Wildman–Crippen MR) is 79.7 cm³/mol. The molecule has 0 heterocycles. The van der Waals surface area contributed by atoms with Crippen molar-refractivity contribution in [1.29, 1.82) is 0 Å². The molecule has 6 heteroatoms. The van der Waals surface area contributed by atoms with Gasteiger partial charge >= 0.3 is 5.97 Å². The summed E-state index contributed by atoms with van der Waals surface area (Å²) in [6.07, 6.45) is 1.37. The van der Waals surface area contributed by atoms with Gasteiger partial charge in [-0.05, 0) is 17.7 Å². The number of hydrogen-bond donors (Lipinski definition) is 1. The van der Waals surface area contributed by atoms with Crippen molar-refractivity contribution in [2.24, 2.45) is 0 Å². The number of halogens is 1. The summed E-state index contributed by atoms with van der Waals surface area (Å²) in [5.74, 6) is -1.53. The summed E-state index contributed by atoms with van der Waals surface area (Å²) in [6.45, 7) is 0.0660. The van der Waals surface area contributed by atoms with E-state index in [1.807, 2.05) is 30.3 Å². The monoisotopic (exact) mass is 307 g/mol. The summed E-state index contributed by atoms with van der Waals surface area (Å²) >= 11 is 0. The molecule has 0 fully saturated rings. The second-order valence-electron chi connectivity index (χ2n) is 4.29. The lowest BCUT2D eigenvalue weighted by atomic mass is 10.2. The number of rotatable bonds is 5. The number of anilines is 1. The molecular formula is C15H14FNO3S. The molecule has 1 unspecified atom stereocenters. The minimum atomic E-state index is -1.42. The molecule has 0 bridgehead atoms. The third-order valence-electron chi connectivity index (χ3n) is 2.69. The highest BCUT2D eigenvalue weighted by Gasteiger charge is 2.16. The van der Waals surface area contributed by atoms with Crippen molar-refractivity contribution in [3.8, 4) is 0 Å². The van der Waals surface area contributed by atoms with Crippen LogP contribution in [-0.2, 0) is 22.3 Å². The first kappa shape index (κ1) is 15.2. The van der Waals surface area contributed by atoms with Gasteiger partial charge in [-0.3, -0.25) is 0 Å². The molecule has 4 nitrogen and oxygen atoms in total. The molecule has 0 radical (unpaired) electrons. The summed E-state index contributed by atoms with van der Waals surface area (Å²) in [6, 6.07) is 13.3. The Morgan fingerprint density at radius 3 is 2.57 bits per heavy atom. The fraction of sp³-hybridized carbons (Fsp3) is 0.133. The van der Waals surface area contributed by atoms with Gasteiger partial charge in [0.25, 0.3) is 0 Å². The highest BCUT2D eigenvalue weighted by Crippen LogP contribution is 2.19. The molecule has 0 aliphatic rings. The Hall–Kier alpha value is -2.21. The molecule has 0 aliphatic heterocycles. The average Bonchev–Trinajstić information content (AvgIpc) is 2.47. The number of carbonyl (C=O) groups is 1. The van der Waals surface area contributed by atoms with E-state index < -0.39 is 22.8 Å². The largest absolute Gasteiger partial charge is 0.457 e. The summed E-state index contributed by atoms with van der Waals surface area (Å²) in [7, 11) is -1.42. The van der Waals surface area contributed by atoms with Gasteiger partial charge in [-0.25, -0.2) is 13.4 Å². The fourth-order valence-electron chi connectivity index (χ4n) is 1.72. The first-order chi connectivity index (χ1) is 10.1. The molecule has 0 aromatic heterocycles. The zero-order valence-electron chi connectivity index (χ0n) is 11.3. The standard InChI is InChI=1S/C15H14FNO3S/c1-21(19)17-13-9-5-8-12(14(13)16)15(18)20-10-11-6-3-2-4-7-11/h2-9,17H,10H2,1H3. The Morgan fingerprint density at radius 2 is 1.90 bits per heavy atom. The molecule has 0 spiro atoms. The van der Waals surface area contributed by atoms with Crippen LogP contribution in [0.5, 0.6) is 0 Å². The Balaban J connectivity index is 2.10. The van der Waals surface area contributed by atoms with Crippen molar-refractivity contribution in [2.45, 2.75) is 6.61 Å². The number of esters is 1. The van der Waals surface area contributed by atoms with Gasteiger partial charge in [0.2, 0.25) is 0 Å². The average molecular weight is 307 g/mol. The van der Waals surface area contributed by atoms with E-state index in [1.165, 1.54) is 24.5 Å². The van der Waals surface area contributed by atoms with E-state index >= 15 is 0 Å². The molecule has 1 atom stereocenters. The van der Waals surface area contributed by atoms with Crippen LogP contribution in [0.15, 0.2) is 48.5 Å². The number of benzene rings is 2. The molecule has 110 valence electrons. The Bertz CT molecular complexity index is 661. The molecule has 1 N–H and O–H groups in total. The van der Waals surface area contributed by atoms with E-state index in [4.69, 9.17) is 4.74 Å². The van der Waals surface area contributed by atoms with E-state index in [1.54, 1.807) is 0 Å². The molecular weight excluding hydrogens is 293 g/mol. The van der Waals surface area contributed by atoms with Gasteiger partial charge in [0.1, 0.15) is 17.6 Å². The van der Waals surface area contributed by atoms with Crippen LogP contribution in [0.4, 0.5) is 10.1 Å². The highest BCUT2D eigenvalue weighted by atomic mass is 32.2. The van der Waals surface area contributed by atoms with Crippen molar-refractivity contribution < 1.29 is 18.1 Å². The smallest absolute Gasteiger partial charge is 0.341 e. The number of nitrogens with one attached hydrogen (secondary N) is 1. The van der Waals surface area contributed by atoms with Crippen molar-refractivity contribution in [3.63, 3.8) is 0 Å². The Morgan fingerprint density at radius 1 is 1.19 bits per heavy atom. The van der Waals surface area contributed by atoms with Gasteiger partial charge in [-0.15, -0.1) is 0 Å². The van der Waals surface area contributed by atoms with Crippen LogP contribution in [0.1, 0.15) is 15.9 Å². The Labute approximate surface area is 124 Å². The van der Waals surface area contributed by atoms with Crippen LogP contribution >= 0.6 is 0 Å².